The van der Waals surface area contributed by atoms with E-state index < -0.39 is 0 Å². The van der Waals surface area contributed by atoms with E-state index in [2.05, 4.69) is 78.1 Å². The lowest BCUT2D eigenvalue weighted by molar-refractivity contribution is -0.0212. The van der Waals surface area contributed by atoms with E-state index >= 15 is 0 Å². The SMILES string of the molecule is CCNC(=NCc1cccc(CN2CCOC(C)C2)c1)NCC(C)c1cccs1. The van der Waals surface area contributed by atoms with E-state index in [0.29, 0.717) is 18.6 Å². The molecule has 0 radical (unpaired) electrons. The van der Waals surface area contributed by atoms with Gasteiger partial charge in [0.1, 0.15) is 0 Å². The molecule has 5 nitrogen and oxygen atoms in total. The number of hydrogen-bond donors (Lipinski definition) is 2. The molecular formula is C23H34N4OS. The Balaban J connectivity index is 1.55. The molecule has 0 saturated carbocycles. The quantitative estimate of drug-likeness (QED) is 0.509. The molecule has 2 unspecified atom stereocenters. The van der Waals surface area contributed by atoms with Crippen molar-refractivity contribution in [1.82, 2.24) is 15.5 Å². The van der Waals surface area contributed by atoms with Gasteiger partial charge in [0.05, 0.1) is 19.3 Å². The minimum Gasteiger partial charge on any atom is -0.376 e. The standard InChI is InChI=1S/C23H34N4OS/c1-4-24-23(25-14-18(2)22-9-6-12-29-22)26-15-20-7-5-8-21(13-20)17-27-10-11-28-19(3)16-27/h5-9,12-13,18-19H,4,10-11,14-17H2,1-3H3,(H2,24,25,26). The first-order valence-corrected chi connectivity index (χ1v) is 11.5. The van der Waals surface area contributed by atoms with E-state index in [-0.39, 0.29) is 0 Å². The molecule has 2 aromatic rings. The lowest BCUT2D eigenvalue weighted by Gasteiger charge is -2.31. The number of guanidine groups is 1. The Morgan fingerprint density at radius 2 is 2.14 bits per heavy atom. The number of thiophene rings is 1. The van der Waals surface area contributed by atoms with Gasteiger partial charge in [-0.05, 0) is 36.4 Å². The molecule has 1 fully saturated rings. The Morgan fingerprint density at radius 3 is 2.90 bits per heavy atom. The van der Waals surface area contributed by atoms with Gasteiger partial charge < -0.3 is 15.4 Å². The summed E-state index contributed by atoms with van der Waals surface area (Å²) in [6.45, 7) is 12.7. The maximum absolute atomic E-state index is 5.65. The summed E-state index contributed by atoms with van der Waals surface area (Å²) >= 11 is 1.81. The van der Waals surface area contributed by atoms with Gasteiger partial charge in [-0.15, -0.1) is 11.3 Å². The first-order chi connectivity index (χ1) is 14.1. The zero-order valence-corrected chi connectivity index (χ0v) is 18.7. The molecule has 0 aliphatic carbocycles. The summed E-state index contributed by atoms with van der Waals surface area (Å²) in [6, 6.07) is 13.1. The van der Waals surface area contributed by atoms with E-state index in [0.717, 1.165) is 45.3 Å². The van der Waals surface area contributed by atoms with Crippen LogP contribution in [0.3, 0.4) is 0 Å². The molecule has 1 saturated heterocycles. The number of benzene rings is 1. The van der Waals surface area contributed by atoms with E-state index in [4.69, 9.17) is 9.73 Å². The molecule has 6 heteroatoms. The van der Waals surface area contributed by atoms with Crippen LogP contribution in [0, 0.1) is 0 Å². The van der Waals surface area contributed by atoms with Crippen LogP contribution < -0.4 is 10.6 Å². The summed E-state index contributed by atoms with van der Waals surface area (Å²) < 4.78 is 5.65. The zero-order chi connectivity index (χ0) is 20.5. The van der Waals surface area contributed by atoms with E-state index in [1.807, 2.05) is 11.3 Å². The number of morpholine rings is 1. The number of ether oxygens (including phenoxy) is 1. The minimum atomic E-state index is 0.321. The summed E-state index contributed by atoms with van der Waals surface area (Å²) in [5.41, 5.74) is 2.59. The second kappa shape index (κ2) is 11.3. The summed E-state index contributed by atoms with van der Waals surface area (Å²) in [7, 11) is 0. The highest BCUT2D eigenvalue weighted by molar-refractivity contribution is 7.10. The van der Waals surface area contributed by atoms with E-state index in [1.165, 1.54) is 16.0 Å². The molecule has 0 spiro atoms. The summed E-state index contributed by atoms with van der Waals surface area (Å²) in [5, 5.41) is 8.98. The number of nitrogens with one attached hydrogen (secondary N) is 2. The fourth-order valence-corrected chi connectivity index (χ4v) is 4.34. The topological polar surface area (TPSA) is 48.9 Å². The average molecular weight is 415 g/mol. The zero-order valence-electron chi connectivity index (χ0n) is 17.9. The van der Waals surface area contributed by atoms with Gasteiger partial charge in [-0.1, -0.05) is 37.3 Å². The summed E-state index contributed by atoms with van der Waals surface area (Å²) in [4.78, 5) is 8.67. The Bertz CT molecular complexity index is 762. The van der Waals surface area contributed by atoms with E-state index in [9.17, 15) is 0 Å². The molecule has 1 aliphatic rings. The van der Waals surface area contributed by atoms with Gasteiger partial charge in [0.2, 0.25) is 0 Å². The lowest BCUT2D eigenvalue weighted by atomic mass is 10.1. The lowest BCUT2D eigenvalue weighted by Crippen LogP contribution is -2.40. The van der Waals surface area contributed by atoms with Crippen LogP contribution in [-0.2, 0) is 17.8 Å². The highest BCUT2D eigenvalue weighted by Crippen LogP contribution is 2.19. The van der Waals surface area contributed by atoms with Crippen molar-refractivity contribution < 1.29 is 4.74 Å². The maximum Gasteiger partial charge on any atom is 0.191 e. The molecule has 2 heterocycles. The van der Waals surface area contributed by atoms with Crippen LogP contribution in [0.2, 0.25) is 0 Å². The molecule has 2 atom stereocenters. The largest absolute Gasteiger partial charge is 0.376 e. The Kier molecular flexibility index (Phi) is 8.52. The molecule has 1 aliphatic heterocycles. The van der Waals surface area contributed by atoms with Crippen molar-refractivity contribution in [2.75, 3.05) is 32.8 Å². The number of nitrogens with zero attached hydrogens (tertiary/aromatic N) is 2. The minimum absolute atomic E-state index is 0.321. The summed E-state index contributed by atoms with van der Waals surface area (Å²) in [5.74, 6) is 1.35. The highest BCUT2D eigenvalue weighted by Gasteiger charge is 2.16. The second-order valence-corrected chi connectivity index (χ2v) is 8.71. The number of aliphatic imine (C=N–C) groups is 1. The van der Waals surface area contributed by atoms with Crippen molar-refractivity contribution in [2.45, 2.75) is 45.9 Å². The molecule has 1 aromatic carbocycles. The fourth-order valence-electron chi connectivity index (χ4n) is 3.55. The first kappa shape index (κ1) is 21.8. The maximum atomic E-state index is 5.65. The van der Waals surface area contributed by atoms with Gasteiger partial charge in [-0.2, -0.15) is 0 Å². The smallest absolute Gasteiger partial charge is 0.191 e. The van der Waals surface area contributed by atoms with Gasteiger partial charge in [-0.25, -0.2) is 4.99 Å². The van der Waals surface area contributed by atoms with Crippen molar-refractivity contribution in [3.8, 4) is 0 Å². The molecule has 0 bridgehead atoms. The molecular weight excluding hydrogens is 380 g/mol. The monoisotopic (exact) mass is 414 g/mol. The third-order valence-corrected chi connectivity index (χ3v) is 6.20. The average Bonchev–Trinajstić information content (AvgIpc) is 3.25. The van der Waals surface area contributed by atoms with Crippen molar-refractivity contribution in [3.05, 3.63) is 57.8 Å². The predicted molar refractivity (Wildman–Crippen MR) is 123 cm³/mol. The highest BCUT2D eigenvalue weighted by atomic mass is 32.1. The van der Waals surface area contributed by atoms with Crippen molar-refractivity contribution in [1.29, 1.82) is 0 Å². The molecule has 158 valence electrons. The first-order valence-electron chi connectivity index (χ1n) is 10.6. The number of rotatable bonds is 8. The van der Waals surface area contributed by atoms with Crippen LogP contribution in [0.5, 0.6) is 0 Å². The van der Waals surface area contributed by atoms with Gasteiger partial charge in [0.15, 0.2) is 5.96 Å². The van der Waals surface area contributed by atoms with E-state index in [1.54, 1.807) is 0 Å². The third kappa shape index (κ3) is 7.14. The Morgan fingerprint density at radius 1 is 1.28 bits per heavy atom. The van der Waals surface area contributed by atoms with Gasteiger partial charge >= 0.3 is 0 Å². The van der Waals surface area contributed by atoms with Crippen LogP contribution in [0.1, 0.15) is 42.7 Å². The molecule has 3 rings (SSSR count). The second-order valence-electron chi connectivity index (χ2n) is 7.73. The fraction of sp³-hybridized carbons (Fsp3) is 0.522. The van der Waals surface area contributed by atoms with Crippen molar-refractivity contribution in [3.63, 3.8) is 0 Å². The van der Waals surface area contributed by atoms with Gasteiger partial charge in [-0.3, -0.25) is 4.90 Å². The van der Waals surface area contributed by atoms with Crippen molar-refractivity contribution in [2.24, 2.45) is 4.99 Å². The summed E-state index contributed by atoms with van der Waals surface area (Å²) in [6.07, 6.45) is 0.321. The predicted octanol–water partition coefficient (Wildman–Crippen LogP) is 3.83. The molecule has 2 N–H and O–H groups in total. The van der Waals surface area contributed by atoms with Crippen LogP contribution in [0.15, 0.2) is 46.8 Å². The van der Waals surface area contributed by atoms with Gasteiger partial charge in [0, 0.05) is 43.5 Å². The van der Waals surface area contributed by atoms with Gasteiger partial charge in [0.25, 0.3) is 0 Å². The van der Waals surface area contributed by atoms with Crippen LogP contribution >= 0.6 is 11.3 Å². The van der Waals surface area contributed by atoms with Crippen LogP contribution in [0.4, 0.5) is 0 Å². The molecule has 29 heavy (non-hydrogen) atoms. The van der Waals surface area contributed by atoms with Crippen LogP contribution in [-0.4, -0.2) is 49.7 Å². The number of hydrogen-bond acceptors (Lipinski definition) is 4. The van der Waals surface area contributed by atoms with Crippen molar-refractivity contribution >= 4 is 17.3 Å². The normalized spacial score (nSPS) is 19.1. The molecule has 1 aromatic heterocycles. The Hall–Kier alpha value is -1.89. The third-order valence-electron chi connectivity index (χ3n) is 5.09. The Labute approximate surface area is 179 Å². The van der Waals surface area contributed by atoms with Crippen LogP contribution in [0.25, 0.3) is 0 Å². The molecule has 0 amide bonds.